The molecule has 0 atom stereocenters. The van der Waals surface area contributed by atoms with E-state index < -0.39 is 11.9 Å². The second-order valence-electron chi connectivity index (χ2n) is 5.63. The molecule has 0 aliphatic rings. The Balaban J connectivity index is 2.12. The van der Waals surface area contributed by atoms with Crippen LogP contribution < -0.4 is 5.32 Å². The summed E-state index contributed by atoms with van der Waals surface area (Å²) in [5, 5.41) is 2.70. The SMILES string of the molecule is CC(C)(C)c1ccc(NC(=O)c2cccc(F)n2)cc1. The second kappa shape index (κ2) is 5.41. The van der Waals surface area contributed by atoms with Crippen molar-refractivity contribution < 1.29 is 9.18 Å². The van der Waals surface area contributed by atoms with Gasteiger partial charge in [-0.15, -0.1) is 0 Å². The average Bonchev–Trinajstić information content (AvgIpc) is 2.38. The Kier molecular flexibility index (Phi) is 3.84. The number of anilines is 1. The number of nitrogens with one attached hydrogen (secondary N) is 1. The van der Waals surface area contributed by atoms with Crippen LogP contribution in [0, 0.1) is 5.95 Å². The predicted octanol–water partition coefficient (Wildman–Crippen LogP) is 3.77. The van der Waals surface area contributed by atoms with E-state index in [2.05, 4.69) is 31.1 Å². The van der Waals surface area contributed by atoms with Crippen LogP contribution in [0.5, 0.6) is 0 Å². The molecule has 0 fully saturated rings. The highest BCUT2D eigenvalue weighted by molar-refractivity contribution is 6.02. The van der Waals surface area contributed by atoms with Gasteiger partial charge >= 0.3 is 0 Å². The summed E-state index contributed by atoms with van der Waals surface area (Å²) < 4.78 is 13.0. The van der Waals surface area contributed by atoms with Crippen molar-refractivity contribution in [1.82, 2.24) is 4.98 Å². The standard InChI is InChI=1S/C16H17FN2O/c1-16(2,3)11-7-9-12(10-8-11)18-15(20)13-5-4-6-14(17)19-13/h4-10H,1-3H3,(H,18,20). The largest absolute Gasteiger partial charge is 0.321 e. The monoisotopic (exact) mass is 272 g/mol. The van der Waals surface area contributed by atoms with E-state index in [1.54, 1.807) is 0 Å². The molecule has 0 saturated carbocycles. The van der Waals surface area contributed by atoms with Gasteiger partial charge in [0.15, 0.2) is 0 Å². The van der Waals surface area contributed by atoms with Gasteiger partial charge < -0.3 is 5.32 Å². The highest BCUT2D eigenvalue weighted by atomic mass is 19.1. The lowest BCUT2D eigenvalue weighted by atomic mass is 9.87. The molecule has 0 unspecified atom stereocenters. The van der Waals surface area contributed by atoms with Crippen molar-refractivity contribution in [2.75, 3.05) is 5.32 Å². The summed E-state index contributed by atoms with van der Waals surface area (Å²) in [5.41, 5.74) is 1.96. The maximum absolute atomic E-state index is 13.0. The number of aromatic nitrogens is 1. The second-order valence-corrected chi connectivity index (χ2v) is 5.63. The van der Waals surface area contributed by atoms with E-state index in [0.29, 0.717) is 5.69 Å². The number of carbonyl (C=O) groups excluding carboxylic acids is 1. The molecule has 104 valence electrons. The molecular weight excluding hydrogens is 255 g/mol. The van der Waals surface area contributed by atoms with E-state index in [0.717, 1.165) is 0 Å². The molecule has 0 spiro atoms. The van der Waals surface area contributed by atoms with Gasteiger partial charge in [0, 0.05) is 5.69 Å². The zero-order valence-electron chi connectivity index (χ0n) is 11.8. The molecule has 3 nitrogen and oxygen atoms in total. The molecule has 20 heavy (non-hydrogen) atoms. The van der Waals surface area contributed by atoms with Gasteiger partial charge in [-0.3, -0.25) is 4.79 Å². The van der Waals surface area contributed by atoms with Gasteiger partial charge in [0.2, 0.25) is 5.95 Å². The zero-order valence-corrected chi connectivity index (χ0v) is 11.8. The van der Waals surface area contributed by atoms with Crippen molar-refractivity contribution in [2.45, 2.75) is 26.2 Å². The highest BCUT2D eigenvalue weighted by Crippen LogP contribution is 2.23. The van der Waals surface area contributed by atoms with Crippen molar-refractivity contribution in [2.24, 2.45) is 0 Å². The van der Waals surface area contributed by atoms with Gasteiger partial charge in [0.1, 0.15) is 5.69 Å². The maximum atomic E-state index is 13.0. The summed E-state index contributed by atoms with van der Waals surface area (Å²) in [6.45, 7) is 6.37. The summed E-state index contributed by atoms with van der Waals surface area (Å²) in [6.07, 6.45) is 0. The Morgan fingerprint density at radius 1 is 1.10 bits per heavy atom. The van der Waals surface area contributed by atoms with Gasteiger partial charge in [-0.05, 0) is 35.2 Å². The predicted molar refractivity (Wildman–Crippen MR) is 77.3 cm³/mol. The number of hydrogen-bond acceptors (Lipinski definition) is 2. The topological polar surface area (TPSA) is 42.0 Å². The van der Waals surface area contributed by atoms with Crippen LogP contribution in [0.1, 0.15) is 36.8 Å². The third-order valence-electron chi connectivity index (χ3n) is 2.96. The van der Waals surface area contributed by atoms with E-state index in [9.17, 15) is 9.18 Å². The summed E-state index contributed by atoms with van der Waals surface area (Å²) in [7, 11) is 0. The normalized spacial score (nSPS) is 11.2. The lowest BCUT2D eigenvalue weighted by Crippen LogP contribution is -2.15. The maximum Gasteiger partial charge on any atom is 0.274 e. The van der Waals surface area contributed by atoms with E-state index in [4.69, 9.17) is 0 Å². The fourth-order valence-electron chi connectivity index (χ4n) is 1.78. The van der Waals surface area contributed by atoms with Crippen LogP contribution in [-0.2, 0) is 5.41 Å². The van der Waals surface area contributed by atoms with E-state index >= 15 is 0 Å². The molecule has 0 saturated heterocycles. The van der Waals surface area contributed by atoms with Crippen LogP contribution in [0.4, 0.5) is 10.1 Å². The molecule has 0 bridgehead atoms. The van der Waals surface area contributed by atoms with E-state index in [1.807, 2.05) is 24.3 Å². The molecule has 1 aromatic heterocycles. The fraction of sp³-hybridized carbons (Fsp3) is 0.250. The van der Waals surface area contributed by atoms with Crippen LogP contribution in [0.15, 0.2) is 42.5 Å². The lowest BCUT2D eigenvalue weighted by Gasteiger charge is -2.19. The number of hydrogen-bond donors (Lipinski definition) is 1. The van der Waals surface area contributed by atoms with Crippen molar-refractivity contribution in [3.8, 4) is 0 Å². The Morgan fingerprint density at radius 2 is 1.75 bits per heavy atom. The summed E-state index contributed by atoms with van der Waals surface area (Å²) in [4.78, 5) is 15.5. The van der Waals surface area contributed by atoms with Gasteiger partial charge in [0.25, 0.3) is 5.91 Å². The minimum Gasteiger partial charge on any atom is -0.321 e. The van der Waals surface area contributed by atoms with Crippen molar-refractivity contribution in [3.05, 3.63) is 59.7 Å². The minimum atomic E-state index is -0.666. The fourth-order valence-corrected chi connectivity index (χ4v) is 1.78. The molecule has 4 heteroatoms. The Bertz CT molecular complexity index is 615. The summed E-state index contributed by atoms with van der Waals surface area (Å²) >= 11 is 0. The number of amides is 1. The first-order valence-electron chi connectivity index (χ1n) is 6.41. The van der Waals surface area contributed by atoms with Crippen molar-refractivity contribution >= 4 is 11.6 Å². The number of rotatable bonds is 2. The van der Waals surface area contributed by atoms with Crippen molar-refractivity contribution in [1.29, 1.82) is 0 Å². The number of nitrogens with zero attached hydrogens (tertiary/aromatic N) is 1. The van der Waals surface area contributed by atoms with Gasteiger partial charge in [-0.1, -0.05) is 39.0 Å². The summed E-state index contributed by atoms with van der Waals surface area (Å²) in [5.74, 6) is -1.09. The van der Waals surface area contributed by atoms with Gasteiger partial charge in [0.05, 0.1) is 0 Å². The third-order valence-corrected chi connectivity index (χ3v) is 2.96. The molecule has 0 aliphatic carbocycles. The number of pyridine rings is 1. The number of halogens is 1. The van der Waals surface area contributed by atoms with E-state index in [1.165, 1.54) is 23.8 Å². The zero-order chi connectivity index (χ0) is 14.8. The molecule has 2 aromatic rings. The molecule has 2 rings (SSSR count). The van der Waals surface area contributed by atoms with E-state index in [-0.39, 0.29) is 11.1 Å². The van der Waals surface area contributed by atoms with Gasteiger partial charge in [-0.25, -0.2) is 4.98 Å². The first kappa shape index (κ1) is 14.2. The summed E-state index contributed by atoms with van der Waals surface area (Å²) in [6, 6.07) is 11.7. The molecule has 1 amide bonds. The average molecular weight is 272 g/mol. The smallest absolute Gasteiger partial charge is 0.274 e. The number of benzene rings is 1. The van der Waals surface area contributed by atoms with Gasteiger partial charge in [-0.2, -0.15) is 4.39 Å². The lowest BCUT2D eigenvalue weighted by molar-refractivity contribution is 0.102. The van der Waals surface area contributed by atoms with Crippen LogP contribution >= 0.6 is 0 Å². The van der Waals surface area contributed by atoms with Crippen LogP contribution in [0.25, 0.3) is 0 Å². The Hall–Kier alpha value is -2.23. The first-order chi connectivity index (χ1) is 9.36. The Labute approximate surface area is 117 Å². The quantitative estimate of drug-likeness (QED) is 0.845. The molecule has 0 aliphatic heterocycles. The molecule has 1 N–H and O–H groups in total. The Morgan fingerprint density at radius 3 is 2.30 bits per heavy atom. The molecule has 0 radical (unpaired) electrons. The third kappa shape index (κ3) is 3.41. The molecular formula is C16H17FN2O. The molecule has 1 heterocycles. The van der Waals surface area contributed by atoms with Crippen LogP contribution in [0.2, 0.25) is 0 Å². The minimum absolute atomic E-state index is 0.0601. The number of carbonyl (C=O) groups is 1. The van der Waals surface area contributed by atoms with Crippen LogP contribution in [-0.4, -0.2) is 10.9 Å². The highest BCUT2D eigenvalue weighted by Gasteiger charge is 2.13. The molecule has 1 aromatic carbocycles. The van der Waals surface area contributed by atoms with Crippen molar-refractivity contribution in [3.63, 3.8) is 0 Å². The van der Waals surface area contributed by atoms with Crippen LogP contribution in [0.3, 0.4) is 0 Å². The first-order valence-corrected chi connectivity index (χ1v) is 6.41.